The molecule has 1 aromatic carbocycles. The Morgan fingerprint density at radius 3 is 2.84 bits per heavy atom. The van der Waals surface area contributed by atoms with Crippen LogP contribution in [0.25, 0.3) is 11.2 Å². The molecular formula is C12H9F2N5. The van der Waals surface area contributed by atoms with Gasteiger partial charge in [-0.15, -0.1) is 0 Å². The molecule has 5 nitrogen and oxygen atoms in total. The Labute approximate surface area is 106 Å². The van der Waals surface area contributed by atoms with Crippen LogP contribution in [-0.4, -0.2) is 19.5 Å². The number of rotatable bonds is 2. The Balaban J connectivity index is 2.06. The molecule has 3 aromatic rings. The van der Waals surface area contributed by atoms with Crippen LogP contribution in [0, 0.1) is 11.9 Å². The van der Waals surface area contributed by atoms with Gasteiger partial charge in [0.25, 0.3) is 0 Å². The number of fused-ring (bicyclic) bond motifs is 1. The molecule has 0 amide bonds. The molecule has 0 unspecified atom stereocenters. The Kier molecular flexibility index (Phi) is 2.59. The van der Waals surface area contributed by atoms with Gasteiger partial charge in [-0.05, 0) is 17.7 Å². The van der Waals surface area contributed by atoms with Gasteiger partial charge >= 0.3 is 6.08 Å². The van der Waals surface area contributed by atoms with E-state index in [-0.39, 0.29) is 17.3 Å². The molecule has 96 valence electrons. The average molecular weight is 261 g/mol. The highest BCUT2D eigenvalue weighted by Gasteiger charge is 2.11. The summed E-state index contributed by atoms with van der Waals surface area (Å²) in [5.74, 6) is -0.345. The second-order valence-electron chi connectivity index (χ2n) is 4.05. The van der Waals surface area contributed by atoms with Crippen molar-refractivity contribution in [2.45, 2.75) is 6.54 Å². The van der Waals surface area contributed by atoms with Crippen LogP contribution >= 0.6 is 0 Å². The van der Waals surface area contributed by atoms with Crippen molar-refractivity contribution in [2.24, 2.45) is 0 Å². The number of hydrogen-bond donors (Lipinski definition) is 1. The standard InChI is InChI=1S/C12H9F2N5/c13-8-3-1-2-7(4-8)5-19-6-16-9-10(15)17-12(14)18-11(9)19/h1-4,6H,5H2,(H2,15,17,18). The highest BCUT2D eigenvalue weighted by Crippen LogP contribution is 2.17. The third-order valence-corrected chi connectivity index (χ3v) is 2.71. The molecular weight excluding hydrogens is 252 g/mol. The predicted octanol–water partition coefficient (Wildman–Crippen LogP) is 1.74. The summed E-state index contributed by atoms with van der Waals surface area (Å²) in [6.07, 6.45) is 0.561. The molecule has 0 aliphatic rings. The minimum atomic E-state index is -0.911. The van der Waals surface area contributed by atoms with Crippen LogP contribution < -0.4 is 5.73 Å². The van der Waals surface area contributed by atoms with Gasteiger partial charge in [-0.1, -0.05) is 12.1 Å². The third kappa shape index (κ3) is 2.10. The second kappa shape index (κ2) is 4.27. The van der Waals surface area contributed by atoms with E-state index >= 15 is 0 Å². The van der Waals surface area contributed by atoms with E-state index in [1.54, 1.807) is 16.7 Å². The predicted molar refractivity (Wildman–Crippen MR) is 65.2 cm³/mol. The summed E-state index contributed by atoms with van der Waals surface area (Å²) in [6.45, 7) is 0.324. The average Bonchev–Trinajstić information content (AvgIpc) is 2.73. The fourth-order valence-corrected chi connectivity index (χ4v) is 1.89. The molecule has 0 atom stereocenters. The van der Waals surface area contributed by atoms with E-state index in [9.17, 15) is 8.78 Å². The summed E-state index contributed by atoms with van der Waals surface area (Å²) < 4.78 is 27.9. The summed E-state index contributed by atoms with van der Waals surface area (Å²) >= 11 is 0. The molecule has 0 fully saturated rings. The minimum absolute atomic E-state index is 0.0134. The van der Waals surface area contributed by atoms with Crippen LogP contribution in [0.5, 0.6) is 0 Å². The first kappa shape index (κ1) is 11.5. The molecule has 2 N–H and O–H groups in total. The molecule has 0 saturated carbocycles. The lowest BCUT2D eigenvalue weighted by Gasteiger charge is -2.04. The molecule has 0 saturated heterocycles. The van der Waals surface area contributed by atoms with Crippen LogP contribution in [0.3, 0.4) is 0 Å². The fraction of sp³-hybridized carbons (Fsp3) is 0.0833. The molecule has 2 aromatic heterocycles. The van der Waals surface area contributed by atoms with E-state index in [0.717, 1.165) is 5.56 Å². The van der Waals surface area contributed by atoms with Gasteiger partial charge in [-0.2, -0.15) is 14.4 Å². The zero-order chi connectivity index (χ0) is 13.4. The zero-order valence-electron chi connectivity index (χ0n) is 9.72. The number of anilines is 1. The van der Waals surface area contributed by atoms with E-state index in [1.807, 2.05) is 0 Å². The van der Waals surface area contributed by atoms with Gasteiger partial charge in [0.2, 0.25) is 0 Å². The van der Waals surface area contributed by atoms with Gasteiger partial charge < -0.3 is 10.3 Å². The van der Waals surface area contributed by atoms with Gasteiger partial charge in [0.15, 0.2) is 11.5 Å². The summed E-state index contributed by atoms with van der Waals surface area (Å²) in [5, 5.41) is 0. The number of nitrogen functional groups attached to an aromatic ring is 1. The lowest BCUT2D eigenvalue weighted by atomic mass is 10.2. The maximum absolute atomic E-state index is 13.2. The Morgan fingerprint density at radius 2 is 2.05 bits per heavy atom. The highest BCUT2D eigenvalue weighted by atomic mass is 19.1. The summed E-state index contributed by atoms with van der Waals surface area (Å²) in [4.78, 5) is 11.1. The largest absolute Gasteiger partial charge is 0.382 e. The zero-order valence-corrected chi connectivity index (χ0v) is 9.72. The van der Waals surface area contributed by atoms with Crippen molar-refractivity contribution in [1.29, 1.82) is 0 Å². The molecule has 0 aliphatic carbocycles. The van der Waals surface area contributed by atoms with Crippen molar-refractivity contribution >= 4 is 17.0 Å². The number of hydrogen-bond acceptors (Lipinski definition) is 4. The van der Waals surface area contributed by atoms with Gasteiger partial charge in [0.05, 0.1) is 12.9 Å². The normalized spacial score (nSPS) is 11.1. The topological polar surface area (TPSA) is 69.6 Å². The van der Waals surface area contributed by atoms with E-state index in [4.69, 9.17) is 5.73 Å². The molecule has 0 spiro atoms. The Bertz CT molecular complexity index is 753. The molecule has 0 aliphatic heterocycles. The molecule has 2 heterocycles. The van der Waals surface area contributed by atoms with Gasteiger partial charge in [0.1, 0.15) is 11.3 Å². The van der Waals surface area contributed by atoms with E-state index in [2.05, 4.69) is 15.0 Å². The maximum Gasteiger partial charge on any atom is 0.312 e. The van der Waals surface area contributed by atoms with Gasteiger partial charge in [0, 0.05) is 0 Å². The maximum atomic E-state index is 13.2. The molecule has 7 heteroatoms. The van der Waals surface area contributed by atoms with Crippen molar-refractivity contribution in [2.75, 3.05) is 5.73 Å². The number of imidazole rings is 1. The van der Waals surface area contributed by atoms with Crippen LogP contribution in [0.4, 0.5) is 14.6 Å². The number of benzene rings is 1. The SMILES string of the molecule is Nc1nc(F)nc2c1ncn2Cc1cccc(F)c1. The quantitative estimate of drug-likeness (QED) is 0.713. The molecule has 3 rings (SSSR count). The first-order chi connectivity index (χ1) is 9.13. The van der Waals surface area contributed by atoms with Crippen molar-refractivity contribution in [3.63, 3.8) is 0 Å². The number of halogens is 2. The van der Waals surface area contributed by atoms with Crippen LogP contribution in [0.1, 0.15) is 5.56 Å². The van der Waals surface area contributed by atoms with Crippen LogP contribution in [0.2, 0.25) is 0 Å². The fourth-order valence-electron chi connectivity index (χ4n) is 1.89. The number of aromatic nitrogens is 4. The van der Waals surface area contributed by atoms with Crippen LogP contribution in [-0.2, 0) is 6.54 Å². The van der Waals surface area contributed by atoms with Crippen molar-refractivity contribution < 1.29 is 8.78 Å². The minimum Gasteiger partial charge on any atom is -0.382 e. The monoisotopic (exact) mass is 261 g/mol. The summed E-state index contributed by atoms with van der Waals surface area (Å²) in [7, 11) is 0. The molecule has 0 bridgehead atoms. The summed E-state index contributed by atoms with van der Waals surface area (Å²) in [6, 6.07) is 6.12. The first-order valence-corrected chi connectivity index (χ1v) is 5.52. The smallest absolute Gasteiger partial charge is 0.312 e. The number of nitrogens with two attached hydrogens (primary N) is 1. The second-order valence-corrected chi connectivity index (χ2v) is 4.05. The highest BCUT2D eigenvalue weighted by molar-refractivity contribution is 5.81. The van der Waals surface area contributed by atoms with Crippen molar-refractivity contribution in [3.05, 3.63) is 48.1 Å². The summed E-state index contributed by atoms with van der Waals surface area (Å²) in [5.41, 5.74) is 6.90. The van der Waals surface area contributed by atoms with Crippen molar-refractivity contribution in [3.8, 4) is 0 Å². The first-order valence-electron chi connectivity index (χ1n) is 5.52. The van der Waals surface area contributed by atoms with E-state index < -0.39 is 6.08 Å². The lowest BCUT2D eigenvalue weighted by Crippen LogP contribution is -2.03. The molecule has 19 heavy (non-hydrogen) atoms. The van der Waals surface area contributed by atoms with Crippen LogP contribution in [0.15, 0.2) is 30.6 Å². The Hall–Kier alpha value is -2.57. The van der Waals surface area contributed by atoms with E-state index in [0.29, 0.717) is 12.1 Å². The lowest BCUT2D eigenvalue weighted by molar-refractivity contribution is 0.543. The Morgan fingerprint density at radius 1 is 1.21 bits per heavy atom. The van der Waals surface area contributed by atoms with Crippen molar-refractivity contribution in [1.82, 2.24) is 19.5 Å². The number of nitrogens with zero attached hydrogens (tertiary/aromatic N) is 4. The van der Waals surface area contributed by atoms with Gasteiger partial charge in [-0.25, -0.2) is 9.37 Å². The van der Waals surface area contributed by atoms with Gasteiger partial charge in [-0.3, -0.25) is 0 Å². The third-order valence-electron chi connectivity index (χ3n) is 2.71. The van der Waals surface area contributed by atoms with E-state index in [1.165, 1.54) is 18.5 Å². The molecule has 0 radical (unpaired) electrons.